The van der Waals surface area contributed by atoms with Crippen molar-refractivity contribution in [1.29, 1.82) is 5.26 Å². The van der Waals surface area contributed by atoms with Gasteiger partial charge in [-0.25, -0.2) is 37.9 Å². The third kappa shape index (κ3) is 5.03. The molecule has 7 nitrogen and oxygen atoms in total. The average Bonchev–Trinajstić information content (AvgIpc) is 3.08. The molecule has 2 saturated heterocycles. The third-order valence-electron chi connectivity index (χ3n) is 9.43. The summed E-state index contributed by atoms with van der Waals surface area (Å²) < 4.78 is 122. The predicted octanol–water partition coefficient (Wildman–Crippen LogP) is 6.60. The lowest BCUT2D eigenvalue weighted by molar-refractivity contribution is -0.638. The number of aromatic carboxylic acids is 1. The van der Waals surface area contributed by atoms with Crippen molar-refractivity contribution in [3.63, 3.8) is 0 Å². The zero-order valence-electron chi connectivity index (χ0n) is 26.3. The Morgan fingerprint density at radius 2 is 1.69 bits per heavy atom. The number of allylic oxidation sites excluding steroid dienone is 5. The number of nitriles is 1. The molecule has 1 N–H and O–H groups in total. The summed E-state index contributed by atoms with van der Waals surface area (Å²) >= 11 is 0. The van der Waals surface area contributed by atoms with Gasteiger partial charge >= 0.3 is 17.4 Å². The summed E-state index contributed by atoms with van der Waals surface area (Å²) in [6, 6.07) is 13.2. The van der Waals surface area contributed by atoms with Crippen LogP contribution in [0.3, 0.4) is 0 Å². The molecule has 3 aromatic rings. The van der Waals surface area contributed by atoms with Crippen LogP contribution in [0.15, 0.2) is 77.6 Å². The molecule has 51 heavy (non-hydrogen) atoms. The van der Waals surface area contributed by atoms with Crippen LogP contribution in [-0.4, -0.2) is 59.4 Å². The molecular weight excluding hydrogens is 700 g/mol. The van der Waals surface area contributed by atoms with Crippen LogP contribution in [0.5, 0.6) is 0 Å². The zero-order chi connectivity index (χ0) is 36.8. The Hall–Kier alpha value is -5.46. The molecule has 3 aliphatic heterocycles. The van der Waals surface area contributed by atoms with Crippen molar-refractivity contribution in [2.45, 2.75) is 24.3 Å². The largest absolute Gasteiger partial charge is 0.478 e. The molecule has 0 bridgehead atoms. The molecule has 4 aliphatic rings. The standard InChI is InChI=1S/C36H22F7N4O3P/c1-34(14-44,45-2)29-30(37)27(28(33(48)49)31(38)32(29)39)26-22-10-8-19(46-15-35(40,41)16-46)12-24(22)51(50,21-6-4-3-5-7-21)25-13-20(9-11-23(25)26)47-17-36(42,43)18-47/h3-13H,15-18H2,1H3/p+1. The van der Waals surface area contributed by atoms with Crippen LogP contribution >= 0.6 is 7.14 Å². The first-order valence-electron chi connectivity index (χ1n) is 15.3. The van der Waals surface area contributed by atoms with Crippen molar-refractivity contribution in [3.8, 4) is 6.07 Å². The Balaban J connectivity index is 1.64. The van der Waals surface area contributed by atoms with Crippen molar-refractivity contribution < 1.29 is 49.8 Å². The Labute approximate surface area is 285 Å². The normalized spacial score (nSPS) is 22.4. The number of rotatable bonds is 5. The lowest BCUT2D eigenvalue weighted by Gasteiger charge is -2.41. The Morgan fingerprint density at radius 3 is 2.25 bits per heavy atom. The molecule has 0 saturated carbocycles. The van der Waals surface area contributed by atoms with E-state index in [1.54, 1.807) is 18.2 Å². The van der Waals surface area contributed by atoms with E-state index >= 15 is 17.7 Å². The van der Waals surface area contributed by atoms with Crippen LogP contribution in [0, 0.1) is 35.4 Å². The summed E-state index contributed by atoms with van der Waals surface area (Å²) in [5.74, 6) is -14.0. The second kappa shape index (κ2) is 11.3. The van der Waals surface area contributed by atoms with Gasteiger partial charge < -0.3 is 14.6 Å². The van der Waals surface area contributed by atoms with Crippen molar-refractivity contribution >= 4 is 40.7 Å². The van der Waals surface area contributed by atoms with Crippen molar-refractivity contribution in [1.82, 2.24) is 0 Å². The molecule has 258 valence electrons. The molecule has 1 aliphatic carbocycles. The van der Waals surface area contributed by atoms with E-state index in [2.05, 4.69) is 4.85 Å². The molecule has 0 radical (unpaired) electrons. The van der Waals surface area contributed by atoms with Gasteiger partial charge in [0.25, 0.3) is 5.92 Å². The van der Waals surface area contributed by atoms with Gasteiger partial charge in [-0.15, -0.1) is 0 Å². The van der Waals surface area contributed by atoms with E-state index in [-0.39, 0.29) is 38.5 Å². The number of carboxylic acids is 1. The Kier molecular flexibility index (Phi) is 7.52. The highest BCUT2D eigenvalue weighted by Crippen LogP contribution is 2.62. The van der Waals surface area contributed by atoms with Gasteiger partial charge in [0, 0.05) is 51.8 Å². The van der Waals surface area contributed by atoms with E-state index in [4.69, 9.17) is 6.57 Å². The first kappa shape index (κ1) is 34.0. The molecule has 2 unspecified atom stereocenters. The lowest BCUT2D eigenvalue weighted by atomic mass is 9.82. The number of benzene rings is 3. The number of halogens is 7. The fourth-order valence-corrected chi connectivity index (χ4v) is 9.97. The summed E-state index contributed by atoms with van der Waals surface area (Å²) in [6.07, 6.45) is 3.95. The van der Waals surface area contributed by atoms with Crippen molar-refractivity contribution in [2.24, 2.45) is 0 Å². The highest BCUT2D eigenvalue weighted by atomic mass is 31.2. The predicted molar refractivity (Wildman–Crippen MR) is 173 cm³/mol. The smallest absolute Gasteiger partial charge is 0.361 e. The first-order valence-corrected chi connectivity index (χ1v) is 17.0. The van der Waals surface area contributed by atoms with E-state index in [0.717, 1.165) is 6.92 Å². The molecule has 15 heteroatoms. The van der Waals surface area contributed by atoms with Crippen LogP contribution in [0.25, 0.3) is 10.4 Å². The van der Waals surface area contributed by atoms with E-state index in [1.165, 1.54) is 64.1 Å². The van der Waals surface area contributed by atoms with Crippen molar-refractivity contribution in [2.75, 3.05) is 31.1 Å². The average molecular weight is 724 g/mol. The maximum Gasteiger partial charge on any atom is 0.361 e. The number of alkyl halides is 4. The second-order valence-electron chi connectivity index (χ2n) is 12.8. The SMILES string of the molecule is [C-]#[N+]C(C)(C#N)c1c(F)c(F)c(C(=O)O)c(C2=C3C=CC(=[N+]4CC(F)(F)C4)C=C3P(=O)(c3ccccc3)c3cc(N4CC(F)(F)C4)ccc32)c1F. The minimum absolute atomic E-state index is 0.106. The Bertz CT molecular complexity index is 2340. The Morgan fingerprint density at radius 1 is 1.02 bits per heavy atom. The summed E-state index contributed by atoms with van der Waals surface area (Å²) in [5.41, 5.74) is -6.90. The van der Waals surface area contributed by atoms with Gasteiger partial charge in [-0.05, 0) is 29.3 Å². The molecular formula is C36H23F7N4O3P+. The number of anilines is 1. The van der Waals surface area contributed by atoms with Gasteiger partial charge in [0.15, 0.2) is 24.8 Å². The second-order valence-corrected chi connectivity index (χ2v) is 15.5. The maximum absolute atomic E-state index is 17.0. The number of carbonyl (C=O) groups is 1. The van der Waals surface area contributed by atoms with Gasteiger partial charge in [-0.1, -0.05) is 36.4 Å². The lowest BCUT2D eigenvalue weighted by Crippen LogP contribution is -2.56. The molecule has 3 aromatic carbocycles. The fourth-order valence-electron chi connectivity index (χ4n) is 6.89. The van der Waals surface area contributed by atoms with Gasteiger partial charge in [0.1, 0.15) is 16.9 Å². The number of nitrogens with zero attached hydrogens (tertiary/aromatic N) is 4. The molecule has 3 heterocycles. The van der Waals surface area contributed by atoms with E-state index < -0.39 is 96.4 Å². The summed E-state index contributed by atoms with van der Waals surface area (Å²) in [7, 11) is -4.19. The van der Waals surface area contributed by atoms with E-state index in [9.17, 15) is 32.7 Å². The van der Waals surface area contributed by atoms with E-state index in [1.807, 2.05) is 0 Å². The first-order chi connectivity index (χ1) is 24.0. The molecule has 0 amide bonds. The minimum Gasteiger partial charge on any atom is -0.478 e. The molecule has 2 atom stereocenters. The van der Waals surface area contributed by atoms with Crippen molar-refractivity contribution in [3.05, 3.63) is 129 Å². The van der Waals surface area contributed by atoms with Gasteiger partial charge in [0.05, 0.1) is 13.1 Å². The number of hydrogen-bond donors (Lipinski definition) is 1. The fraction of sp³-hybridized carbons (Fsp3) is 0.222. The van der Waals surface area contributed by atoms with E-state index in [0.29, 0.717) is 0 Å². The number of fused-ring (bicyclic) bond motifs is 2. The number of hydrogen-bond acceptors (Lipinski definition) is 4. The van der Waals surface area contributed by atoms with Crippen LogP contribution in [0.2, 0.25) is 0 Å². The van der Waals surface area contributed by atoms with Crippen LogP contribution < -0.4 is 15.5 Å². The summed E-state index contributed by atoms with van der Waals surface area (Å²) in [4.78, 5) is 16.9. The highest BCUT2D eigenvalue weighted by molar-refractivity contribution is 7.83. The molecule has 0 spiro atoms. The zero-order valence-corrected chi connectivity index (χ0v) is 27.2. The summed E-state index contributed by atoms with van der Waals surface area (Å²) in [5, 5.41) is 19.9. The quantitative estimate of drug-likeness (QED) is 0.105. The van der Waals surface area contributed by atoms with Gasteiger partial charge in [0.2, 0.25) is 18.8 Å². The van der Waals surface area contributed by atoms with Gasteiger partial charge in [-0.3, -0.25) is 4.85 Å². The van der Waals surface area contributed by atoms with Crippen LogP contribution in [0.4, 0.5) is 36.4 Å². The van der Waals surface area contributed by atoms with Crippen LogP contribution in [0.1, 0.15) is 34.0 Å². The minimum atomic E-state index is -4.19. The topological polar surface area (TPSA) is 88.8 Å². The van der Waals surface area contributed by atoms with Crippen LogP contribution in [-0.2, 0) is 10.1 Å². The molecule has 7 rings (SSSR count). The molecule has 0 aromatic heterocycles. The van der Waals surface area contributed by atoms with Gasteiger partial charge in [-0.2, -0.15) is 14.0 Å². The molecule has 2 fully saturated rings. The highest BCUT2D eigenvalue weighted by Gasteiger charge is 2.53. The maximum atomic E-state index is 17.0. The third-order valence-corrected chi connectivity index (χ3v) is 12.6. The monoisotopic (exact) mass is 723 g/mol. The summed E-state index contributed by atoms with van der Waals surface area (Å²) in [6.45, 7) is 5.58. The number of carboxylic acid groups (broad SMARTS) is 1.